The van der Waals surface area contributed by atoms with Gasteiger partial charge in [-0.2, -0.15) is 4.98 Å². The zero-order valence-corrected chi connectivity index (χ0v) is 11.1. The van der Waals surface area contributed by atoms with E-state index < -0.39 is 0 Å². The molecule has 4 nitrogen and oxygen atoms in total. The predicted octanol–water partition coefficient (Wildman–Crippen LogP) is 3.03. The van der Waals surface area contributed by atoms with E-state index in [1.54, 1.807) is 0 Å². The Balaban J connectivity index is 1.74. The third kappa shape index (κ3) is 1.69. The van der Waals surface area contributed by atoms with Crippen molar-refractivity contribution < 1.29 is 4.42 Å². The van der Waals surface area contributed by atoms with Gasteiger partial charge in [0.2, 0.25) is 0 Å². The third-order valence-corrected chi connectivity index (χ3v) is 4.54. The van der Waals surface area contributed by atoms with Crippen LogP contribution in [0.25, 0.3) is 11.1 Å². The molecule has 5 heteroatoms. The van der Waals surface area contributed by atoms with Crippen molar-refractivity contribution in [1.29, 1.82) is 0 Å². The largest absolute Gasteiger partial charge is 0.423 e. The molecule has 2 aromatic heterocycles. The van der Waals surface area contributed by atoms with Crippen molar-refractivity contribution in [2.45, 2.75) is 13.0 Å². The van der Waals surface area contributed by atoms with Crippen molar-refractivity contribution >= 4 is 34.1 Å². The highest BCUT2D eigenvalue weighted by atomic mass is 32.1. The van der Waals surface area contributed by atoms with Gasteiger partial charge >= 0.3 is 0 Å². The smallest absolute Gasteiger partial charge is 0.298 e. The average Bonchev–Trinajstić information content (AvgIpc) is 3.04. The molecule has 0 aliphatic carbocycles. The maximum atomic E-state index is 5.92. The molecule has 0 radical (unpaired) electrons. The Morgan fingerprint density at radius 1 is 1.32 bits per heavy atom. The van der Waals surface area contributed by atoms with E-state index in [1.165, 1.54) is 10.4 Å². The van der Waals surface area contributed by atoms with Crippen LogP contribution >= 0.6 is 11.3 Å². The lowest BCUT2D eigenvalue weighted by atomic mass is 10.1. The van der Waals surface area contributed by atoms with Crippen molar-refractivity contribution in [3.63, 3.8) is 0 Å². The van der Waals surface area contributed by atoms with Crippen molar-refractivity contribution in [2.24, 2.45) is 0 Å². The molecular weight excluding hydrogens is 258 g/mol. The first kappa shape index (κ1) is 10.9. The van der Waals surface area contributed by atoms with E-state index in [-0.39, 0.29) is 0 Å². The summed E-state index contributed by atoms with van der Waals surface area (Å²) in [6.07, 6.45) is 1.06. The second-order valence-electron chi connectivity index (χ2n) is 4.73. The van der Waals surface area contributed by atoms with Gasteiger partial charge in [-0.15, -0.1) is 11.3 Å². The van der Waals surface area contributed by atoms with E-state index >= 15 is 0 Å². The van der Waals surface area contributed by atoms with Crippen LogP contribution in [0.15, 0.2) is 34.1 Å². The van der Waals surface area contributed by atoms with Crippen molar-refractivity contribution in [2.75, 3.05) is 17.2 Å². The molecule has 19 heavy (non-hydrogen) atoms. The van der Waals surface area contributed by atoms with E-state index in [9.17, 15) is 0 Å². The highest BCUT2D eigenvalue weighted by molar-refractivity contribution is 7.10. The summed E-state index contributed by atoms with van der Waals surface area (Å²) < 4.78 is 5.82. The first-order valence-corrected chi connectivity index (χ1v) is 7.14. The number of anilines is 2. The van der Waals surface area contributed by atoms with Gasteiger partial charge in [0, 0.05) is 18.0 Å². The first-order valence-electron chi connectivity index (χ1n) is 6.26. The molecule has 0 spiro atoms. The zero-order chi connectivity index (χ0) is 12.8. The number of oxazole rings is 1. The summed E-state index contributed by atoms with van der Waals surface area (Å²) in [5, 5.41) is 2.15. The number of para-hydroxylation sites is 1. The maximum absolute atomic E-state index is 5.92. The van der Waals surface area contributed by atoms with Crippen LogP contribution in [-0.4, -0.2) is 11.5 Å². The monoisotopic (exact) mass is 271 g/mol. The summed E-state index contributed by atoms with van der Waals surface area (Å²) in [5.74, 6) is 0. The Morgan fingerprint density at radius 3 is 3.16 bits per heavy atom. The van der Waals surface area contributed by atoms with E-state index in [1.807, 2.05) is 29.5 Å². The van der Waals surface area contributed by atoms with Crippen molar-refractivity contribution in [3.8, 4) is 0 Å². The van der Waals surface area contributed by atoms with Gasteiger partial charge in [0.15, 0.2) is 5.58 Å². The number of nitrogens with zero attached hydrogens (tertiary/aromatic N) is 2. The lowest BCUT2D eigenvalue weighted by Crippen LogP contribution is -2.29. The number of fused-ring (bicyclic) bond motifs is 2. The second kappa shape index (κ2) is 3.99. The molecule has 96 valence electrons. The topological polar surface area (TPSA) is 55.3 Å². The summed E-state index contributed by atoms with van der Waals surface area (Å²) in [4.78, 5) is 8.18. The van der Waals surface area contributed by atoms with Crippen LogP contribution in [0.2, 0.25) is 0 Å². The number of nitrogen functional groups attached to an aromatic ring is 1. The summed E-state index contributed by atoms with van der Waals surface area (Å²) in [6, 6.07) is 8.50. The molecule has 3 heterocycles. The van der Waals surface area contributed by atoms with E-state index in [0.29, 0.717) is 11.7 Å². The Bertz CT molecular complexity index is 746. The molecule has 1 aromatic carbocycles. The molecule has 0 atom stereocenters. The fourth-order valence-electron chi connectivity index (χ4n) is 2.51. The lowest BCUT2D eigenvalue weighted by Gasteiger charge is -2.25. The fourth-order valence-corrected chi connectivity index (χ4v) is 3.39. The minimum absolute atomic E-state index is 0.667. The predicted molar refractivity (Wildman–Crippen MR) is 77.5 cm³/mol. The average molecular weight is 271 g/mol. The molecule has 0 bridgehead atoms. The van der Waals surface area contributed by atoms with Gasteiger partial charge in [-0.1, -0.05) is 6.07 Å². The van der Waals surface area contributed by atoms with Gasteiger partial charge in [0.25, 0.3) is 6.01 Å². The molecule has 0 unspecified atom stereocenters. The van der Waals surface area contributed by atoms with Crippen molar-refractivity contribution in [3.05, 3.63) is 40.1 Å². The quantitative estimate of drug-likeness (QED) is 0.691. The van der Waals surface area contributed by atoms with E-state index in [0.717, 1.165) is 30.6 Å². The standard InChI is InChI=1S/C14H13N3OS/c15-10-2-1-3-11-13(10)16-14(18-11)17-6-4-12-9(8-17)5-7-19-12/h1-3,5,7H,4,6,8,15H2. The molecule has 1 aliphatic rings. The van der Waals surface area contributed by atoms with Gasteiger partial charge in [-0.3, -0.25) is 0 Å². The lowest BCUT2D eigenvalue weighted by molar-refractivity contribution is 0.556. The molecular formula is C14H13N3OS. The molecule has 0 amide bonds. The Labute approximate surface area is 114 Å². The van der Waals surface area contributed by atoms with Gasteiger partial charge in [-0.05, 0) is 35.6 Å². The van der Waals surface area contributed by atoms with Crippen LogP contribution < -0.4 is 10.6 Å². The Hall–Kier alpha value is -2.01. The summed E-state index contributed by atoms with van der Waals surface area (Å²) in [6.45, 7) is 1.81. The van der Waals surface area contributed by atoms with Gasteiger partial charge in [0.1, 0.15) is 5.52 Å². The highest BCUT2D eigenvalue weighted by Crippen LogP contribution is 2.30. The molecule has 3 aromatic rings. The minimum Gasteiger partial charge on any atom is -0.423 e. The van der Waals surface area contributed by atoms with Gasteiger partial charge in [-0.25, -0.2) is 0 Å². The molecule has 1 aliphatic heterocycles. The number of thiophene rings is 1. The first-order chi connectivity index (χ1) is 9.31. The minimum atomic E-state index is 0.667. The van der Waals surface area contributed by atoms with Crippen LogP contribution in [-0.2, 0) is 13.0 Å². The summed E-state index contributed by atoms with van der Waals surface area (Å²) >= 11 is 1.83. The Morgan fingerprint density at radius 2 is 2.26 bits per heavy atom. The number of hydrogen-bond acceptors (Lipinski definition) is 5. The molecule has 0 saturated heterocycles. The summed E-state index contributed by atoms with van der Waals surface area (Å²) in [7, 11) is 0. The highest BCUT2D eigenvalue weighted by Gasteiger charge is 2.21. The number of rotatable bonds is 1. The van der Waals surface area contributed by atoms with Crippen LogP contribution in [0, 0.1) is 0 Å². The number of hydrogen-bond donors (Lipinski definition) is 1. The van der Waals surface area contributed by atoms with E-state index in [2.05, 4.69) is 21.3 Å². The van der Waals surface area contributed by atoms with Crippen LogP contribution in [0.5, 0.6) is 0 Å². The maximum Gasteiger partial charge on any atom is 0.298 e. The van der Waals surface area contributed by atoms with Crippen LogP contribution in [0.1, 0.15) is 10.4 Å². The van der Waals surface area contributed by atoms with Gasteiger partial charge < -0.3 is 15.1 Å². The molecule has 0 saturated carbocycles. The number of benzene rings is 1. The normalized spacial score (nSPS) is 14.8. The number of nitrogens with two attached hydrogens (primary N) is 1. The molecule has 2 N–H and O–H groups in total. The second-order valence-corrected chi connectivity index (χ2v) is 5.73. The fraction of sp³-hybridized carbons (Fsp3) is 0.214. The van der Waals surface area contributed by atoms with Gasteiger partial charge in [0.05, 0.1) is 5.69 Å². The summed E-state index contributed by atoms with van der Waals surface area (Å²) in [5.41, 5.74) is 9.48. The molecule has 0 fully saturated rings. The third-order valence-electron chi connectivity index (χ3n) is 3.52. The SMILES string of the molecule is Nc1cccc2oc(N3CCc4sccc4C3)nc12. The zero-order valence-electron chi connectivity index (χ0n) is 10.3. The van der Waals surface area contributed by atoms with Crippen molar-refractivity contribution in [1.82, 2.24) is 4.98 Å². The molecule has 4 rings (SSSR count). The number of aromatic nitrogens is 1. The van der Waals surface area contributed by atoms with Crippen LogP contribution in [0.3, 0.4) is 0 Å². The van der Waals surface area contributed by atoms with E-state index in [4.69, 9.17) is 10.2 Å². The Kier molecular flexibility index (Phi) is 2.29. The van der Waals surface area contributed by atoms with Crippen LogP contribution in [0.4, 0.5) is 11.7 Å².